The molecular formula is C18H15ClO2S. The monoisotopic (exact) mass is 330 g/mol. The van der Waals surface area contributed by atoms with Crippen LogP contribution in [0, 0.1) is 0 Å². The molecule has 4 heteroatoms. The fourth-order valence-corrected chi connectivity index (χ4v) is 3.82. The van der Waals surface area contributed by atoms with Gasteiger partial charge in [-0.15, -0.1) is 11.3 Å². The Labute approximate surface area is 138 Å². The van der Waals surface area contributed by atoms with Gasteiger partial charge in [0.15, 0.2) is 0 Å². The van der Waals surface area contributed by atoms with Crippen molar-refractivity contribution in [3.8, 4) is 11.1 Å². The first-order chi connectivity index (χ1) is 10.5. The lowest BCUT2D eigenvalue weighted by molar-refractivity contribution is 0.0703. The van der Waals surface area contributed by atoms with Gasteiger partial charge in [-0.05, 0) is 29.7 Å². The first-order valence-corrected chi connectivity index (χ1v) is 8.23. The van der Waals surface area contributed by atoms with E-state index in [1.807, 2.05) is 24.3 Å². The van der Waals surface area contributed by atoms with Crippen molar-refractivity contribution >= 4 is 39.0 Å². The van der Waals surface area contributed by atoms with Gasteiger partial charge in [0.1, 0.15) is 4.88 Å². The highest BCUT2D eigenvalue weighted by molar-refractivity contribution is 7.21. The minimum atomic E-state index is -0.915. The summed E-state index contributed by atoms with van der Waals surface area (Å²) in [6.07, 6.45) is 0. The van der Waals surface area contributed by atoms with Gasteiger partial charge in [-0.3, -0.25) is 0 Å². The van der Waals surface area contributed by atoms with Crippen molar-refractivity contribution in [2.75, 3.05) is 0 Å². The number of rotatable bonds is 3. The van der Waals surface area contributed by atoms with Gasteiger partial charge in [0, 0.05) is 26.2 Å². The number of carboxylic acid groups (broad SMARTS) is 1. The SMILES string of the molecule is CC(C)c1ccc2sc(C(=O)O)c(-c3ccccc3Cl)c2c1. The van der Waals surface area contributed by atoms with Crippen LogP contribution in [-0.4, -0.2) is 11.1 Å². The molecule has 0 bridgehead atoms. The third-order valence-electron chi connectivity index (χ3n) is 3.72. The third-order valence-corrected chi connectivity index (χ3v) is 5.20. The maximum atomic E-state index is 11.7. The normalized spacial score (nSPS) is 11.3. The molecule has 0 aliphatic carbocycles. The average Bonchev–Trinajstić information content (AvgIpc) is 2.86. The predicted molar refractivity (Wildman–Crippen MR) is 93.3 cm³/mol. The second-order valence-electron chi connectivity index (χ2n) is 5.50. The highest BCUT2D eigenvalue weighted by Crippen LogP contribution is 2.42. The van der Waals surface area contributed by atoms with Gasteiger partial charge in [-0.25, -0.2) is 4.79 Å². The van der Waals surface area contributed by atoms with Crippen LogP contribution in [0.3, 0.4) is 0 Å². The van der Waals surface area contributed by atoms with Gasteiger partial charge in [0.05, 0.1) is 0 Å². The smallest absolute Gasteiger partial charge is 0.346 e. The van der Waals surface area contributed by atoms with Crippen LogP contribution in [0.5, 0.6) is 0 Å². The molecule has 1 heterocycles. The highest BCUT2D eigenvalue weighted by atomic mass is 35.5. The van der Waals surface area contributed by atoms with Gasteiger partial charge < -0.3 is 5.11 Å². The predicted octanol–water partition coefficient (Wildman–Crippen LogP) is 6.04. The molecule has 3 aromatic rings. The Morgan fingerprint density at radius 1 is 1.18 bits per heavy atom. The first-order valence-electron chi connectivity index (χ1n) is 7.03. The Bertz CT molecular complexity index is 865. The average molecular weight is 331 g/mol. The maximum Gasteiger partial charge on any atom is 0.346 e. The summed E-state index contributed by atoms with van der Waals surface area (Å²) in [7, 11) is 0. The van der Waals surface area contributed by atoms with Gasteiger partial charge in [0.2, 0.25) is 0 Å². The zero-order chi connectivity index (χ0) is 15.9. The second-order valence-corrected chi connectivity index (χ2v) is 6.96. The Hall–Kier alpha value is -1.84. The molecular weight excluding hydrogens is 316 g/mol. The molecule has 2 aromatic carbocycles. The summed E-state index contributed by atoms with van der Waals surface area (Å²) in [6.45, 7) is 4.25. The van der Waals surface area contributed by atoms with Crippen LogP contribution in [0.2, 0.25) is 5.02 Å². The molecule has 2 nitrogen and oxygen atoms in total. The van der Waals surface area contributed by atoms with E-state index in [0.717, 1.165) is 21.2 Å². The summed E-state index contributed by atoms with van der Waals surface area (Å²) in [5, 5.41) is 11.1. The van der Waals surface area contributed by atoms with Crippen molar-refractivity contribution < 1.29 is 9.90 Å². The van der Waals surface area contributed by atoms with Crippen molar-refractivity contribution in [2.24, 2.45) is 0 Å². The van der Waals surface area contributed by atoms with Gasteiger partial charge in [-0.1, -0.05) is 49.7 Å². The van der Waals surface area contributed by atoms with Gasteiger partial charge in [0.25, 0.3) is 0 Å². The van der Waals surface area contributed by atoms with Crippen LogP contribution in [0.25, 0.3) is 21.2 Å². The Morgan fingerprint density at radius 2 is 1.91 bits per heavy atom. The highest BCUT2D eigenvalue weighted by Gasteiger charge is 2.21. The Balaban J connectivity index is 2.39. The van der Waals surface area contributed by atoms with Crippen LogP contribution in [0.1, 0.15) is 35.0 Å². The summed E-state index contributed by atoms with van der Waals surface area (Å²) in [4.78, 5) is 12.0. The number of aromatic carboxylic acids is 1. The van der Waals surface area contributed by atoms with E-state index in [-0.39, 0.29) is 0 Å². The van der Waals surface area contributed by atoms with E-state index >= 15 is 0 Å². The summed E-state index contributed by atoms with van der Waals surface area (Å²) in [5.74, 6) is -0.529. The third kappa shape index (κ3) is 2.51. The minimum absolute atomic E-state index is 0.337. The lowest BCUT2D eigenvalue weighted by Gasteiger charge is -2.08. The molecule has 0 saturated heterocycles. The topological polar surface area (TPSA) is 37.3 Å². The van der Waals surface area contributed by atoms with Crippen LogP contribution < -0.4 is 0 Å². The molecule has 0 fully saturated rings. The van der Waals surface area contributed by atoms with Crippen molar-refractivity contribution in [1.29, 1.82) is 0 Å². The molecule has 1 N–H and O–H groups in total. The Kier molecular flexibility index (Phi) is 3.94. The number of carboxylic acids is 1. The summed E-state index contributed by atoms with van der Waals surface area (Å²) in [6, 6.07) is 13.5. The van der Waals surface area contributed by atoms with E-state index in [9.17, 15) is 9.90 Å². The van der Waals surface area contributed by atoms with Crippen molar-refractivity contribution in [2.45, 2.75) is 19.8 Å². The number of fused-ring (bicyclic) bond motifs is 1. The number of hydrogen-bond donors (Lipinski definition) is 1. The number of thiophene rings is 1. The van der Waals surface area contributed by atoms with E-state index in [4.69, 9.17) is 11.6 Å². The van der Waals surface area contributed by atoms with E-state index in [2.05, 4.69) is 26.0 Å². The molecule has 22 heavy (non-hydrogen) atoms. The van der Waals surface area contributed by atoms with E-state index < -0.39 is 5.97 Å². The van der Waals surface area contributed by atoms with Crippen molar-refractivity contribution in [1.82, 2.24) is 0 Å². The molecule has 1 aromatic heterocycles. The zero-order valence-electron chi connectivity index (χ0n) is 12.3. The summed E-state index contributed by atoms with van der Waals surface area (Å²) in [5.41, 5.74) is 2.69. The molecule has 0 saturated carbocycles. The molecule has 0 spiro atoms. The van der Waals surface area contributed by atoms with Crippen LogP contribution >= 0.6 is 22.9 Å². The lowest BCUT2D eigenvalue weighted by atomic mass is 9.97. The molecule has 0 unspecified atom stereocenters. The Morgan fingerprint density at radius 3 is 2.55 bits per heavy atom. The van der Waals surface area contributed by atoms with Crippen LogP contribution in [0.4, 0.5) is 0 Å². The van der Waals surface area contributed by atoms with E-state index in [0.29, 0.717) is 15.8 Å². The fraction of sp³-hybridized carbons (Fsp3) is 0.167. The van der Waals surface area contributed by atoms with Crippen molar-refractivity contribution in [3.63, 3.8) is 0 Å². The summed E-state index contributed by atoms with van der Waals surface area (Å²) < 4.78 is 0.969. The van der Waals surface area contributed by atoms with E-state index in [1.54, 1.807) is 6.07 Å². The second kappa shape index (κ2) is 5.75. The molecule has 0 aliphatic rings. The largest absolute Gasteiger partial charge is 0.477 e. The van der Waals surface area contributed by atoms with Crippen molar-refractivity contribution in [3.05, 3.63) is 57.9 Å². The minimum Gasteiger partial charge on any atom is -0.477 e. The zero-order valence-corrected chi connectivity index (χ0v) is 13.8. The number of halogens is 1. The lowest BCUT2D eigenvalue weighted by Crippen LogP contribution is -1.95. The van der Waals surface area contributed by atoms with Gasteiger partial charge >= 0.3 is 5.97 Å². The quantitative estimate of drug-likeness (QED) is 0.635. The molecule has 0 aliphatic heterocycles. The summed E-state index contributed by atoms with van der Waals surface area (Å²) >= 11 is 7.60. The molecule has 0 amide bonds. The van der Waals surface area contributed by atoms with E-state index in [1.165, 1.54) is 16.9 Å². The van der Waals surface area contributed by atoms with Crippen LogP contribution in [-0.2, 0) is 0 Å². The molecule has 0 radical (unpaired) electrons. The molecule has 3 rings (SSSR count). The molecule has 112 valence electrons. The first kappa shape index (κ1) is 15.1. The number of carbonyl (C=O) groups is 1. The standard InChI is InChI=1S/C18H15ClO2S/c1-10(2)11-7-8-15-13(9-11)16(17(22-15)18(20)21)12-5-3-4-6-14(12)19/h3-10H,1-2H3,(H,20,21). The molecule has 0 atom stereocenters. The van der Waals surface area contributed by atoms with Crippen LogP contribution in [0.15, 0.2) is 42.5 Å². The number of hydrogen-bond acceptors (Lipinski definition) is 2. The number of benzene rings is 2. The van der Waals surface area contributed by atoms with Gasteiger partial charge in [-0.2, -0.15) is 0 Å². The maximum absolute atomic E-state index is 11.7. The fourth-order valence-electron chi connectivity index (χ4n) is 2.56.